The highest BCUT2D eigenvalue weighted by Gasteiger charge is 2.53. The summed E-state index contributed by atoms with van der Waals surface area (Å²) in [6.07, 6.45) is 3.47. The first kappa shape index (κ1) is 17.5. The van der Waals surface area contributed by atoms with Crippen molar-refractivity contribution in [3.8, 4) is 0 Å². The van der Waals surface area contributed by atoms with Gasteiger partial charge in [0.2, 0.25) is 5.91 Å². The molecule has 1 spiro atoms. The largest absolute Gasteiger partial charge is 0.368 e. The molecule has 1 fully saturated rings. The number of rotatable bonds is 4. The Morgan fingerprint density at radius 1 is 1.11 bits per heavy atom. The summed E-state index contributed by atoms with van der Waals surface area (Å²) in [6, 6.07) is 16.3. The number of hydrogen-bond acceptors (Lipinski definition) is 3. The molecule has 2 amide bonds. The van der Waals surface area contributed by atoms with Crippen LogP contribution in [0.25, 0.3) is 0 Å². The molecule has 138 valence electrons. The number of hydrogen-bond donors (Lipinski definition) is 1. The van der Waals surface area contributed by atoms with Gasteiger partial charge in [0, 0.05) is 5.56 Å². The van der Waals surface area contributed by atoms with Crippen LogP contribution >= 0.6 is 0 Å². The fourth-order valence-corrected chi connectivity index (χ4v) is 4.33. The molecule has 5 heteroatoms. The molecule has 2 aromatic carbocycles. The van der Waals surface area contributed by atoms with Gasteiger partial charge in [-0.05, 0) is 38.2 Å². The number of aryl methyl sites for hydroxylation is 1. The van der Waals surface area contributed by atoms with E-state index >= 15 is 0 Å². The highest BCUT2D eigenvalue weighted by molar-refractivity contribution is 6.47. The summed E-state index contributed by atoms with van der Waals surface area (Å²) in [5.41, 5.74) is 8.11. The molecule has 5 nitrogen and oxygen atoms in total. The van der Waals surface area contributed by atoms with Crippen LogP contribution in [0.2, 0.25) is 0 Å². The number of benzene rings is 2. The second-order valence-corrected chi connectivity index (χ2v) is 7.41. The Balaban J connectivity index is 1.83. The molecule has 1 atom stereocenters. The van der Waals surface area contributed by atoms with E-state index < -0.39 is 17.6 Å². The third-order valence-electron chi connectivity index (χ3n) is 5.53. The van der Waals surface area contributed by atoms with Crippen molar-refractivity contribution < 1.29 is 9.59 Å². The normalized spacial score (nSPS) is 19.4. The highest BCUT2D eigenvalue weighted by Crippen LogP contribution is 2.45. The fraction of sp³-hybridized carbons (Fsp3) is 0.318. The molecule has 0 aromatic heterocycles. The molecule has 1 heterocycles. The van der Waals surface area contributed by atoms with Crippen LogP contribution in [0.4, 0.5) is 0 Å². The average molecular weight is 361 g/mol. The molecule has 2 N–H and O–H groups in total. The minimum absolute atomic E-state index is 0.214. The predicted octanol–water partition coefficient (Wildman–Crippen LogP) is 3.12. The SMILES string of the molecule is Cc1cccc(C(C(N)=O)N2C(=O)C(c3ccccc3)=NC23CCCC3)c1. The first-order valence-electron chi connectivity index (χ1n) is 9.37. The van der Waals surface area contributed by atoms with Crippen LogP contribution in [0, 0.1) is 6.92 Å². The van der Waals surface area contributed by atoms with E-state index in [-0.39, 0.29) is 5.91 Å². The third-order valence-corrected chi connectivity index (χ3v) is 5.53. The molecule has 1 aliphatic carbocycles. The summed E-state index contributed by atoms with van der Waals surface area (Å²) in [5.74, 6) is -0.738. The van der Waals surface area contributed by atoms with Gasteiger partial charge < -0.3 is 5.73 Å². The van der Waals surface area contributed by atoms with E-state index in [1.807, 2.05) is 61.5 Å². The Morgan fingerprint density at radius 2 is 1.81 bits per heavy atom. The van der Waals surface area contributed by atoms with Gasteiger partial charge in [-0.3, -0.25) is 19.5 Å². The van der Waals surface area contributed by atoms with Gasteiger partial charge in [0.05, 0.1) is 0 Å². The third kappa shape index (κ3) is 2.93. The molecule has 1 unspecified atom stereocenters. The van der Waals surface area contributed by atoms with Gasteiger partial charge in [-0.1, -0.05) is 60.2 Å². The maximum atomic E-state index is 13.5. The van der Waals surface area contributed by atoms with Gasteiger partial charge in [-0.2, -0.15) is 0 Å². The van der Waals surface area contributed by atoms with Crippen molar-refractivity contribution in [2.45, 2.75) is 44.3 Å². The molecule has 0 bridgehead atoms. The summed E-state index contributed by atoms with van der Waals surface area (Å²) in [6.45, 7) is 1.96. The van der Waals surface area contributed by atoms with Crippen molar-refractivity contribution in [1.29, 1.82) is 0 Å². The lowest BCUT2D eigenvalue weighted by atomic mass is 9.97. The molecule has 1 saturated carbocycles. The number of nitrogens with zero attached hydrogens (tertiary/aromatic N) is 2. The number of carbonyl (C=O) groups is 2. The summed E-state index contributed by atoms with van der Waals surface area (Å²) < 4.78 is 0. The molecule has 2 aromatic rings. The predicted molar refractivity (Wildman–Crippen MR) is 104 cm³/mol. The zero-order valence-electron chi connectivity index (χ0n) is 15.4. The molecule has 27 heavy (non-hydrogen) atoms. The lowest BCUT2D eigenvalue weighted by Gasteiger charge is -2.37. The minimum Gasteiger partial charge on any atom is -0.368 e. The summed E-state index contributed by atoms with van der Waals surface area (Å²) in [4.78, 5) is 32.5. The van der Waals surface area contributed by atoms with E-state index in [1.54, 1.807) is 4.90 Å². The van der Waals surface area contributed by atoms with Gasteiger partial charge in [-0.25, -0.2) is 0 Å². The Hall–Kier alpha value is -2.95. The summed E-state index contributed by atoms with van der Waals surface area (Å²) in [5, 5.41) is 0. The number of amides is 2. The number of primary amides is 1. The molecule has 1 aliphatic heterocycles. The van der Waals surface area contributed by atoms with Crippen molar-refractivity contribution >= 4 is 17.5 Å². The van der Waals surface area contributed by atoms with Crippen LogP contribution in [0.1, 0.15) is 48.4 Å². The van der Waals surface area contributed by atoms with Crippen LogP contribution in [-0.2, 0) is 9.59 Å². The summed E-state index contributed by atoms with van der Waals surface area (Å²) in [7, 11) is 0. The second kappa shape index (κ2) is 6.65. The van der Waals surface area contributed by atoms with Crippen molar-refractivity contribution in [3.05, 3.63) is 71.3 Å². The van der Waals surface area contributed by atoms with Crippen molar-refractivity contribution in [2.24, 2.45) is 10.7 Å². The van der Waals surface area contributed by atoms with Gasteiger partial charge in [0.15, 0.2) is 0 Å². The van der Waals surface area contributed by atoms with Crippen LogP contribution in [-0.4, -0.2) is 28.1 Å². The van der Waals surface area contributed by atoms with Gasteiger partial charge in [-0.15, -0.1) is 0 Å². The van der Waals surface area contributed by atoms with Crippen molar-refractivity contribution in [3.63, 3.8) is 0 Å². The van der Waals surface area contributed by atoms with E-state index in [9.17, 15) is 9.59 Å². The molecule has 2 aliphatic rings. The lowest BCUT2D eigenvalue weighted by Crippen LogP contribution is -2.51. The number of carbonyl (C=O) groups excluding carboxylic acids is 2. The first-order chi connectivity index (χ1) is 13.0. The van der Waals surface area contributed by atoms with E-state index in [1.165, 1.54) is 0 Å². The molecule has 0 radical (unpaired) electrons. The highest BCUT2D eigenvalue weighted by atomic mass is 16.2. The van der Waals surface area contributed by atoms with Crippen molar-refractivity contribution in [1.82, 2.24) is 4.90 Å². The minimum atomic E-state index is -0.819. The number of aliphatic imine (C=N–C) groups is 1. The van der Waals surface area contributed by atoms with Crippen LogP contribution in [0.15, 0.2) is 59.6 Å². The van der Waals surface area contributed by atoms with Crippen molar-refractivity contribution in [2.75, 3.05) is 0 Å². The molecule has 4 rings (SSSR count). The Bertz CT molecular complexity index is 914. The van der Waals surface area contributed by atoms with E-state index in [2.05, 4.69) is 0 Å². The smallest absolute Gasteiger partial charge is 0.275 e. The van der Waals surface area contributed by atoms with Crippen LogP contribution < -0.4 is 5.73 Å². The topological polar surface area (TPSA) is 75.8 Å². The van der Waals surface area contributed by atoms with Gasteiger partial charge in [0.1, 0.15) is 17.4 Å². The summed E-state index contributed by atoms with van der Waals surface area (Å²) >= 11 is 0. The monoisotopic (exact) mass is 361 g/mol. The first-order valence-corrected chi connectivity index (χ1v) is 9.37. The number of nitrogens with two attached hydrogens (primary N) is 1. The standard InChI is InChI=1S/C22H23N3O2/c1-15-8-7-11-17(14-15)19(20(23)26)25-21(27)18(16-9-3-2-4-10-16)24-22(25)12-5-6-13-22/h2-4,7-11,14,19H,5-6,12-13H2,1H3,(H2,23,26). The zero-order chi connectivity index (χ0) is 19.0. The van der Waals surface area contributed by atoms with Gasteiger partial charge in [0.25, 0.3) is 5.91 Å². The lowest BCUT2D eigenvalue weighted by molar-refractivity contribution is -0.139. The van der Waals surface area contributed by atoms with E-state index in [4.69, 9.17) is 10.7 Å². The van der Waals surface area contributed by atoms with E-state index in [0.717, 1.165) is 42.4 Å². The molecular formula is C22H23N3O2. The van der Waals surface area contributed by atoms with E-state index in [0.29, 0.717) is 5.71 Å². The maximum absolute atomic E-state index is 13.5. The molecule has 0 saturated heterocycles. The zero-order valence-corrected chi connectivity index (χ0v) is 15.4. The Kier molecular flexibility index (Phi) is 4.30. The average Bonchev–Trinajstić information content (AvgIpc) is 3.23. The van der Waals surface area contributed by atoms with Crippen LogP contribution in [0.5, 0.6) is 0 Å². The second-order valence-electron chi connectivity index (χ2n) is 7.41. The fourth-order valence-electron chi connectivity index (χ4n) is 4.33. The Labute approximate surface area is 158 Å². The maximum Gasteiger partial charge on any atom is 0.275 e. The van der Waals surface area contributed by atoms with Crippen LogP contribution in [0.3, 0.4) is 0 Å². The quantitative estimate of drug-likeness (QED) is 0.908. The Morgan fingerprint density at radius 3 is 2.44 bits per heavy atom. The molecular weight excluding hydrogens is 338 g/mol. The van der Waals surface area contributed by atoms with Gasteiger partial charge >= 0.3 is 0 Å².